The van der Waals surface area contributed by atoms with Crippen molar-refractivity contribution in [2.45, 2.75) is 32.4 Å². The van der Waals surface area contributed by atoms with Crippen LogP contribution in [0.4, 0.5) is 0 Å². The normalized spacial score (nSPS) is 23.4. The summed E-state index contributed by atoms with van der Waals surface area (Å²) >= 11 is 6.10. The van der Waals surface area contributed by atoms with E-state index in [0.717, 1.165) is 18.5 Å². The zero-order chi connectivity index (χ0) is 15.4. The first kappa shape index (κ1) is 16.3. The lowest BCUT2D eigenvalue weighted by molar-refractivity contribution is -0.143. The maximum absolute atomic E-state index is 11.4. The molecule has 21 heavy (non-hydrogen) atoms. The molecule has 0 bridgehead atoms. The molecule has 116 valence electrons. The maximum atomic E-state index is 11.4. The molecule has 1 aromatic carbocycles. The molecule has 1 N–H and O–H groups in total. The highest BCUT2D eigenvalue weighted by molar-refractivity contribution is 6.30. The van der Waals surface area contributed by atoms with Crippen molar-refractivity contribution in [3.8, 4) is 0 Å². The lowest BCUT2D eigenvalue weighted by Crippen LogP contribution is -2.44. The minimum atomic E-state index is -0.781. The van der Waals surface area contributed by atoms with Gasteiger partial charge in [0.05, 0.1) is 19.1 Å². The first-order valence-corrected chi connectivity index (χ1v) is 7.78. The molecular weight excluding hydrogens is 290 g/mol. The summed E-state index contributed by atoms with van der Waals surface area (Å²) in [5.74, 6) is -1.24. The second kappa shape index (κ2) is 7.25. The van der Waals surface area contributed by atoms with E-state index in [1.54, 1.807) is 0 Å². The molecule has 0 aromatic heterocycles. The Bertz CT molecular complexity index is 494. The van der Waals surface area contributed by atoms with Crippen LogP contribution in [0.25, 0.3) is 0 Å². The molecule has 3 atom stereocenters. The molecule has 4 nitrogen and oxygen atoms in total. The molecule has 5 heteroatoms. The maximum Gasteiger partial charge on any atom is 0.310 e. The number of aliphatic carboxylic acids is 1. The number of carboxylic acids is 1. The summed E-state index contributed by atoms with van der Waals surface area (Å²) in [5, 5.41) is 10.1. The van der Waals surface area contributed by atoms with Gasteiger partial charge < -0.3 is 9.84 Å². The van der Waals surface area contributed by atoms with E-state index >= 15 is 0 Å². The van der Waals surface area contributed by atoms with Crippen LogP contribution in [0.5, 0.6) is 0 Å². The third-order valence-corrected chi connectivity index (χ3v) is 4.41. The first-order valence-electron chi connectivity index (χ1n) is 7.40. The third kappa shape index (κ3) is 3.57. The van der Waals surface area contributed by atoms with Crippen LogP contribution in [0.15, 0.2) is 24.3 Å². The summed E-state index contributed by atoms with van der Waals surface area (Å²) in [6.45, 7) is 5.72. The zero-order valence-electron chi connectivity index (χ0n) is 12.5. The average Bonchev–Trinajstić information content (AvgIpc) is 2.93. The Morgan fingerprint density at radius 2 is 2.24 bits per heavy atom. The highest BCUT2D eigenvalue weighted by Crippen LogP contribution is 2.32. The van der Waals surface area contributed by atoms with Crippen molar-refractivity contribution < 1.29 is 14.6 Å². The molecule has 0 aliphatic carbocycles. The van der Waals surface area contributed by atoms with Gasteiger partial charge in [-0.1, -0.05) is 37.6 Å². The highest BCUT2D eigenvalue weighted by atomic mass is 35.5. The molecule has 0 saturated carbocycles. The zero-order valence-corrected chi connectivity index (χ0v) is 13.2. The SMILES string of the molecule is CCC(c1cccc(Cl)c1)N(CC)C1COCC1C(=O)O. The number of carbonyl (C=O) groups is 1. The third-order valence-electron chi connectivity index (χ3n) is 4.18. The van der Waals surface area contributed by atoms with Gasteiger partial charge in [0.2, 0.25) is 0 Å². The molecule has 3 unspecified atom stereocenters. The molecule has 1 aliphatic rings. The number of likely N-dealkylation sites (N-methyl/N-ethyl adjacent to an activating group) is 1. The van der Waals surface area contributed by atoms with Crippen molar-refractivity contribution in [1.82, 2.24) is 4.90 Å². The quantitative estimate of drug-likeness (QED) is 0.876. The predicted octanol–water partition coefficient (Wildman–Crippen LogP) is 3.21. The topological polar surface area (TPSA) is 49.8 Å². The van der Waals surface area contributed by atoms with Gasteiger partial charge in [-0.25, -0.2) is 0 Å². The number of hydrogen-bond acceptors (Lipinski definition) is 3. The lowest BCUT2D eigenvalue weighted by atomic mass is 9.96. The molecule has 1 heterocycles. The Hall–Kier alpha value is -1.10. The van der Waals surface area contributed by atoms with Gasteiger partial charge in [-0.05, 0) is 30.7 Å². The summed E-state index contributed by atoms with van der Waals surface area (Å²) in [6, 6.07) is 7.87. The Balaban J connectivity index is 2.27. The highest BCUT2D eigenvalue weighted by Gasteiger charge is 2.39. The van der Waals surface area contributed by atoms with Crippen LogP contribution in [0, 0.1) is 5.92 Å². The smallest absolute Gasteiger partial charge is 0.310 e. The van der Waals surface area contributed by atoms with E-state index in [9.17, 15) is 9.90 Å². The fourth-order valence-electron chi connectivity index (χ4n) is 3.17. The Morgan fingerprint density at radius 1 is 1.48 bits per heavy atom. The predicted molar refractivity (Wildman–Crippen MR) is 82.6 cm³/mol. The van der Waals surface area contributed by atoms with Crippen LogP contribution in [0.2, 0.25) is 5.02 Å². The number of rotatable bonds is 6. The van der Waals surface area contributed by atoms with Gasteiger partial charge in [-0.3, -0.25) is 9.69 Å². The second-order valence-corrected chi connectivity index (χ2v) is 5.80. The first-order chi connectivity index (χ1) is 10.1. The summed E-state index contributed by atoms with van der Waals surface area (Å²) in [4.78, 5) is 13.6. The van der Waals surface area contributed by atoms with Gasteiger partial charge >= 0.3 is 5.97 Å². The number of hydrogen-bond donors (Lipinski definition) is 1. The van der Waals surface area contributed by atoms with E-state index < -0.39 is 11.9 Å². The van der Waals surface area contributed by atoms with E-state index in [0.29, 0.717) is 18.2 Å². The summed E-state index contributed by atoms with van der Waals surface area (Å²) in [6.07, 6.45) is 0.900. The largest absolute Gasteiger partial charge is 0.481 e. The molecule has 1 aliphatic heterocycles. The molecule has 0 radical (unpaired) electrons. The standard InChI is InChI=1S/C16H22ClNO3/c1-3-14(11-6-5-7-12(17)8-11)18(4-2)15-10-21-9-13(15)16(19)20/h5-8,13-15H,3-4,9-10H2,1-2H3,(H,19,20). The van der Waals surface area contributed by atoms with E-state index in [1.165, 1.54) is 0 Å². The van der Waals surface area contributed by atoms with Crippen molar-refractivity contribution in [3.05, 3.63) is 34.9 Å². The van der Waals surface area contributed by atoms with Crippen molar-refractivity contribution in [2.75, 3.05) is 19.8 Å². The van der Waals surface area contributed by atoms with Crippen molar-refractivity contribution in [1.29, 1.82) is 0 Å². The minimum absolute atomic E-state index is 0.0866. The van der Waals surface area contributed by atoms with Gasteiger partial charge in [-0.2, -0.15) is 0 Å². The van der Waals surface area contributed by atoms with E-state index in [-0.39, 0.29) is 12.1 Å². The number of benzene rings is 1. The number of ether oxygens (including phenoxy) is 1. The van der Waals surface area contributed by atoms with Crippen molar-refractivity contribution in [2.24, 2.45) is 5.92 Å². The van der Waals surface area contributed by atoms with Gasteiger partial charge in [0.15, 0.2) is 0 Å². The number of carboxylic acid groups (broad SMARTS) is 1. The Labute approximate surface area is 130 Å². The van der Waals surface area contributed by atoms with Crippen LogP contribution in [0.3, 0.4) is 0 Å². The van der Waals surface area contributed by atoms with Gasteiger partial charge in [0.25, 0.3) is 0 Å². The molecule has 0 amide bonds. The fraction of sp³-hybridized carbons (Fsp3) is 0.562. The van der Waals surface area contributed by atoms with E-state index in [1.807, 2.05) is 24.3 Å². The van der Waals surface area contributed by atoms with Gasteiger partial charge in [0.1, 0.15) is 0 Å². The second-order valence-electron chi connectivity index (χ2n) is 5.36. The number of nitrogens with zero attached hydrogens (tertiary/aromatic N) is 1. The van der Waals surface area contributed by atoms with E-state index in [2.05, 4.69) is 18.7 Å². The van der Waals surface area contributed by atoms with Crippen LogP contribution in [-0.4, -0.2) is 41.8 Å². The molecule has 2 rings (SSSR count). The van der Waals surface area contributed by atoms with Crippen molar-refractivity contribution >= 4 is 17.6 Å². The van der Waals surface area contributed by atoms with Crippen molar-refractivity contribution in [3.63, 3.8) is 0 Å². The van der Waals surface area contributed by atoms with Crippen LogP contribution < -0.4 is 0 Å². The van der Waals surface area contributed by atoms with Gasteiger partial charge in [0, 0.05) is 17.1 Å². The average molecular weight is 312 g/mol. The number of halogens is 1. The Kier molecular flexibility index (Phi) is 5.62. The monoisotopic (exact) mass is 311 g/mol. The molecule has 1 saturated heterocycles. The summed E-state index contributed by atoms with van der Waals surface area (Å²) < 4.78 is 5.42. The summed E-state index contributed by atoms with van der Waals surface area (Å²) in [5.41, 5.74) is 1.13. The molecule has 0 spiro atoms. The fourth-order valence-corrected chi connectivity index (χ4v) is 3.37. The van der Waals surface area contributed by atoms with Gasteiger partial charge in [-0.15, -0.1) is 0 Å². The van der Waals surface area contributed by atoms with Crippen LogP contribution >= 0.6 is 11.6 Å². The van der Waals surface area contributed by atoms with Crippen LogP contribution in [-0.2, 0) is 9.53 Å². The summed E-state index contributed by atoms with van der Waals surface area (Å²) in [7, 11) is 0. The molecule has 1 aromatic rings. The lowest BCUT2D eigenvalue weighted by Gasteiger charge is -2.36. The van der Waals surface area contributed by atoms with Crippen LogP contribution in [0.1, 0.15) is 31.9 Å². The minimum Gasteiger partial charge on any atom is -0.481 e. The Morgan fingerprint density at radius 3 is 2.81 bits per heavy atom. The van der Waals surface area contributed by atoms with E-state index in [4.69, 9.17) is 16.3 Å². The molecular formula is C16H22ClNO3. The molecule has 1 fully saturated rings.